The van der Waals surface area contributed by atoms with E-state index in [1.807, 2.05) is 6.07 Å². The van der Waals surface area contributed by atoms with E-state index in [9.17, 15) is 9.18 Å². The predicted octanol–water partition coefficient (Wildman–Crippen LogP) is 5.12. The minimum atomic E-state index is -0.645. The molecule has 2 aromatic carbocycles. The van der Waals surface area contributed by atoms with E-state index in [2.05, 4.69) is 31.0 Å². The zero-order chi connectivity index (χ0) is 33.9. The van der Waals surface area contributed by atoms with Crippen LogP contribution in [0, 0.1) is 24.0 Å². The van der Waals surface area contributed by atoms with Gasteiger partial charge < -0.3 is 24.6 Å². The zero-order valence-corrected chi connectivity index (χ0v) is 27.7. The van der Waals surface area contributed by atoms with Gasteiger partial charge in [-0.05, 0) is 56.5 Å². The van der Waals surface area contributed by atoms with Crippen molar-refractivity contribution in [2.24, 2.45) is 0 Å². The first-order valence-electron chi connectivity index (χ1n) is 17.0. The number of amides is 1. The Morgan fingerprint density at radius 1 is 1.12 bits per heavy atom. The third-order valence-electron chi connectivity index (χ3n) is 10.8. The number of carbonyl (C=O) groups is 1. The first kappa shape index (κ1) is 31.7. The van der Waals surface area contributed by atoms with Crippen LogP contribution in [-0.4, -0.2) is 101 Å². The Labute approximate surface area is 283 Å². The van der Waals surface area contributed by atoms with Crippen molar-refractivity contribution in [1.29, 1.82) is 0 Å². The first-order chi connectivity index (χ1) is 23.7. The van der Waals surface area contributed by atoms with Gasteiger partial charge in [-0.25, -0.2) is 13.6 Å². The van der Waals surface area contributed by atoms with Crippen molar-refractivity contribution in [2.75, 3.05) is 51.8 Å². The summed E-state index contributed by atoms with van der Waals surface area (Å²) >= 11 is 0. The Morgan fingerprint density at radius 2 is 1.94 bits per heavy atom. The van der Waals surface area contributed by atoms with Gasteiger partial charge in [-0.3, -0.25) is 9.88 Å². The standard InChI is InChI=1S/C37H39F2N7O3/c1-4-26-29(38)12-9-22-7-5-8-27(30(22)26)32-31(39)33-28(17-40-32)34(45-18-23-10-11-24(19-45)41-23)43-35(42-33)49-21-37-14-6-16-46(37)25(13-15-37)20-48-36(47)44(2)3/h1,5,7-9,12,17,23-25,41H,6,10-11,13-16,18-21H2,2-3H3. The molecule has 0 aliphatic carbocycles. The van der Waals surface area contributed by atoms with Gasteiger partial charge in [0.05, 0.1) is 16.5 Å². The molecule has 4 aromatic rings. The highest BCUT2D eigenvalue weighted by atomic mass is 19.1. The van der Waals surface area contributed by atoms with Crippen molar-refractivity contribution in [3.63, 3.8) is 0 Å². The van der Waals surface area contributed by atoms with Gasteiger partial charge >= 0.3 is 12.1 Å². The molecule has 0 spiro atoms. The van der Waals surface area contributed by atoms with Crippen LogP contribution in [0.1, 0.15) is 44.1 Å². The summed E-state index contributed by atoms with van der Waals surface area (Å²) in [4.78, 5) is 32.3. The van der Waals surface area contributed by atoms with Gasteiger partial charge in [0.15, 0.2) is 5.82 Å². The number of piperazine rings is 1. The number of fused-ring (bicyclic) bond motifs is 5. The predicted molar refractivity (Wildman–Crippen MR) is 183 cm³/mol. The van der Waals surface area contributed by atoms with E-state index in [4.69, 9.17) is 20.9 Å². The highest BCUT2D eigenvalue weighted by Gasteiger charge is 2.50. The van der Waals surface area contributed by atoms with Gasteiger partial charge in [0.25, 0.3) is 0 Å². The molecule has 4 atom stereocenters. The first-order valence-corrected chi connectivity index (χ1v) is 17.0. The normalized spacial score (nSPS) is 24.7. The maximum absolute atomic E-state index is 16.9. The number of terminal acetylenes is 1. The highest BCUT2D eigenvalue weighted by Crippen LogP contribution is 2.43. The molecule has 4 aliphatic heterocycles. The quantitative estimate of drug-likeness (QED) is 0.270. The van der Waals surface area contributed by atoms with Crippen LogP contribution in [0.5, 0.6) is 6.01 Å². The minimum absolute atomic E-state index is 0.0302. The number of nitrogens with one attached hydrogen (secondary N) is 1. The minimum Gasteiger partial charge on any atom is -0.461 e. The van der Waals surface area contributed by atoms with Crippen LogP contribution < -0.4 is 15.0 Å². The van der Waals surface area contributed by atoms with E-state index in [1.165, 1.54) is 11.0 Å². The Kier molecular flexibility index (Phi) is 8.00. The average molecular weight is 668 g/mol. The van der Waals surface area contributed by atoms with Crippen molar-refractivity contribution < 1.29 is 23.0 Å². The lowest BCUT2D eigenvalue weighted by atomic mass is 9.95. The number of nitrogens with zero attached hydrogens (tertiary/aromatic N) is 6. The molecule has 4 fully saturated rings. The molecule has 0 radical (unpaired) electrons. The monoisotopic (exact) mass is 667 g/mol. The number of carbonyl (C=O) groups excluding carboxylic acids is 1. The number of anilines is 1. The molecule has 1 N–H and O–H groups in total. The molecule has 12 heteroatoms. The molecule has 1 amide bonds. The number of hydrogen-bond donors (Lipinski definition) is 1. The highest BCUT2D eigenvalue weighted by molar-refractivity contribution is 6.02. The average Bonchev–Trinajstić information content (AvgIpc) is 3.78. The van der Waals surface area contributed by atoms with Gasteiger partial charge in [-0.2, -0.15) is 9.97 Å². The summed E-state index contributed by atoms with van der Waals surface area (Å²) < 4.78 is 43.8. The topological polar surface area (TPSA) is 95.9 Å². The van der Waals surface area contributed by atoms with Crippen LogP contribution >= 0.6 is 0 Å². The molecular formula is C37H39F2N7O3. The Morgan fingerprint density at radius 3 is 2.71 bits per heavy atom. The van der Waals surface area contributed by atoms with Crippen molar-refractivity contribution in [2.45, 2.75) is 62.2 Å². The van der Waals surface area contributed by atoms with Gasteiger partial charge in [-0.1, -0.05) is 30.2 Å². The van der Waals surface area contributed by atoms with E-state index >= 15 is 4.39 Å². The van der Waals surface area contributed by atoms with Crippen LogP contribution in [0.25, 0.3) is 32.9 Å². The fourth-order valence-corrected chi connectivity index (χ4v) is 8.46. The van der Waals surface area contributed by atoms with Crippen LogP contribution in [0.2, 0.25) is 0 Å². The molecule has 2 bridgehead atoms. The SMILES string of the molecule is C#Cc1c(F)ccc2cccc(-c3ncc4c(N5CC6CCC(C5)N6)nc(OCC56CCCN5C(COC(=O)N(C)C)CC6)nc4c3F)c12. The summed E-state index contributed by atoms with van der Waals surface area (Å²) in [6.45, 7) is 2.99. The van der Waals surface area contributed by atoms with E-state index in [0.29, 0.717) is 52.8 Å². The van der Waals surface area contributed by atoms with E-state index in [-0.39, 0.29) is 40.5 Å². The number of aromatic nitrogens is 3. The van der Waals surface area contributed by atoms with Crippen LogP contribution in [0.15, 0.2) is 36.5 Å². The second kappa shape index (κ2) is 12.4. The second-order valence-electron chi connectivity index (χ2n) is 14.0. The van der Waals surface area contributed by atoms with Crippen molar-refractivity contribution >= 4 is 33.6 Å². The number of pyridine rings is 1. The van der Waals surface area contributed by atoms with E-state index in [0.717, 1.165) is 58.2 Å². The van der Waals surface area contributed by atoms with Gasteiger partial charge in [0.2, 0.25) is 0 Å². The largest absolute Gasteiger partial charge is 0.461 e. The summed E-state index contributed by atoms with van der Waals surface area (Å²) in [5, 5.41) is 5.25. The Bertz CT molecular complexity index is 1990. The fraction of sp³-hybridized carbons (Fsp3) is 0.459. The Balaban J connectivity index is 1.17. The zero-order valence-electron chi connectivity index (χ0n) is 27.7. The molecule has 49 heavy (non-hydrogen) atoms. The summed E-state index contributed by atoms with van der Waals surface area (Å²) in [7, 11) is 3.35. The maximum Gasteiger partial charge on any atom is 0.409 e. The summed E-state index contributed by atoms with van der Waals surface area (Å²) in [5.41, 5.74) is 0.321. The number of hydrogen-bond acceptors (Lipinski definition) is 9. The van der Waals surface area contributed by atoms with Gasteiger partial charge in [0.1, 0.15) is 36.1 Å². The van der Waals surface area contributed by atoms with Crippen molar-refractivity contribution in [3.05, 3.63) is 53.7 Å². The summed E-state index contributed by atoms with van der Waals surface area (Å²) in [5.74, 6) is 1.84. The molecule has 4 aliphatic rings. The molecular weight excluding hydrogens is 628 g/mol. The molecule has 8 rings (SSSR count). The maximum atomic E-state index is 16.9. The third kappa shape index (κ3) is 5.49. The number of benzene rings is 2. The van der Waals surface area contributed by atoms with Crippen LogP contribution in [-0.2, 0) is 4.74 Å². The van der Waals surface area contributed by atoms with E-state index < -0.39 is 11.6 Å². The Hall–Kier alpha value is -4.60. The smallest absolute Gasteiger partial charge is 0.409 e. The lowest BCUT2D eigenvalue weighted by Gasteiger charge is -2.35. The fourth-order valence-electron chi connectivity index (χ4n) is 8.46. The molecule has 6 heterocycles. The molecule has 0 saturated carbocycles. The van der Waals surface area contributed by atoms with Gasteiger partial charge in [0, 0.05) is 62.5 Å². The number of halogens is 2. The van der Waals surface area contributed by atoms with Gasteiger partial charge in [-0.15, -0.1) is 6.42 Å². The third-order valence-corrected chi connectivity index (χ3v) is 10.8. The van der Waals surface area contributed by atoms with Crippen LogP contribution in [0.3, 0.4) is 0 Å². The molecule has 4 unspecified atom stereocenters. The number of rotatable bonds is 7. The van der Waals surface area contributed by atoms with Crippen molar-refractivity contribution in [1.82, 2.24) is 30.1 Å². The number of ether oxygens (including phenoxy) is 2. The molecule has 254 valence electrons. The lowest BCUT2D eigenvalue weighted by molar-refractivity contribution is 0.0484. The van der Waals surface area contributed by atoms with Crippen molar-refractivity contribution in [3.8, 4) is 29.6 Å². The van der Waals surface area contributed by atoms with E-state index in [1.54, 1.807) is 38.5 Å². The summed E-state index contributed by atoms with van der Waals surface area (Å²) in [6, 6.07) is 9.09. The molecule has 10 nitrogen and oxygen atoms in total. The second-order valence-corrected chi connectivity index (χ2v) is 14.0. The lowest BCUT2D eigenvalue weighted by Crippen LogP contribution is -2.51. The summed E-state index contributed by atoms with van der Waals surface area (Å²) in [6.07, 6.45) is 12.8. The molecule has 4 saturated heterocycles. The van der Waals surface area contributed by atoms with Crippen LogP contribution in [0.4, 0.5) is 19.4 Å². The molecule has 2 aromatic heterocycles.